The number of halogens is 1. The zero-order valence-corrected chi connectivity index (χ0v) is 22.4. The van der Waals surface area contributed by atoms with Crippen LogP contribution in [0, 0.1) is 6.92 Å². The minimum Gasteiger partial charge on any atom is -0.495 e. The lowest BCUT2D eigenvalue weighted by atomic mass is 10.0. The molecule has 198 valence electrons. The normalized spacial score (nSPS) is 11.1. The van der Waals surface area contributed by atoms with Crippen LogP contribution in [-0.2, 0) is 18.3 Å². The van der Waals surface area contributed by atoms with E-state index in [4.69, 9.17) is 9.72 Å². The summed E-state index contributed by atoms with van der Waals surface area (Å²) in [4.78, 5) is 23.4. The fourth-order valence-electron chi connectivity index (χ4n) is 4.51. The summed E-state index contributed by atoms with van der Waals surface area (Å²) in [6.45, 7) is 6.04. The number of carbonyl (C=O) groups excluding carboxylic acids is 1. The van der Waals surface area contributed by atoms with E-state index in [1.54, 1.807) is 19.4 Å². The van der Waals surface area contributed by atoms with Crippen molar-refractivity contribution >= 4 is 34.1 Å². The van der Waals surface area contributed by atoms with E-state index in [-0.39, 0.29) is 0 Å². The molecule has 38 heavy (non-hydrogen) atoms. The Balaban J connectivity index is 1.71. The van der Waals surface area contributed by atoms with Gasteiger partial charge in [0.05, 0.1) is 18.5 Å². The van der Waals surface area contributed by atoms with Crippen molar-refractivity contribution in [3.63, 3.8) is 0 Å². The summed E-state index contributed by atoms with van der Waals surface area (Å²) in [5, 5.41) is 6.95. The lowest BCUT2D eigenvalue weighted by Crippen LogP contribution is -2.16. The monoisotopic (exact) mass is 516 g/mol. The second kappa shape index (κ2) is 11.4. The summed E-state index contributed by atoms with van der Waals surface area (Å²) in [6, 6.07) is 13.6. The number of nitrogens with zero attached hydrogens (tertiary/aromatic N) is 4. The second-order valence-electron chi connectivity index (χ2n) is 9.40. The summed E-state index contributed by atoms with van der Waals surface area (Å²) in [7, 11) is 7.60. The molecule has 4 rings (SSSR count). The number of anilines is 3. The standard InChI is InChI=1S/C29H33FN6O2/c1-18(30)28(37)32-23-17-24(26(38-6)16-20(23)10-9-15-35(3)4)34-29-31-14-13-22(33-29)27-19(2)36(5)25-12-8-7-11-21(25)27/h7-8,11-14,16-17H,1,9-10,15H2,2-6H3,(H,32,37)(H,31,33,34). The van der Waals surface area contributed by atoms with E-state index < -0.39 is 11.7 Å². The molecule has 0 saturated carbocycles. The summed E-state index contributed by atoms with van der Waals surface area (Å²) in [5.74, 6) is -1.03. The first-order chi connectivity index (χ1) is 18.2. The molecular formula is C29H33FN6O2. The van der Waals surface area contributed by atoms with Gasteiger partial charge in [-0.2, -0.15) is 0 Å². The zero-order valence-electron chi connectivity index (χ0n) is 22.4. The molecule has 2 aromatic heterocycles. The quantitative estimate of drug-likeness (QED) is 0.267. The Morgan fingerprint density at radius 2 is 1.95 bits per heavy atom. The number of hydrogen-bond donors (Lipinski definition) is 2. The number of ether oxygens (including phenoxy) is 1. The average Bonchev–Trinajstić information content (AvgIpc) is 3.14. The van der Waals surface area contributed by atoms with Gasteiger partial charge in [0.25, 0.3) is 5.91 Å². The number of nitrogens with one attached hydrogen (secondary N) is 2. The maximum Gasteiger partial charge on any atom is 0.283 e. The predicted molar refractivity (Wildman–Crippen MR) is 151 cm³/mol. The van der Waals surface area contributed by atoms with Gasteiger partial charge >= 0.3 is 0 Å². The third-order valence-electron chi connectivity index (χ3n) is 6.53. The van der Waals surface area contributed by atoms with Gasteiger partial charge in [-0.15, -0.1) is 0 Å². The zero-order chi connectivity index (χ0) is 27.4. The van der Waals surface area contributed by atoms with E-state index >= 15 is 0 Å². The molecule has 0 radical (unpaired) electrons. The molecule has 0 atom stereocenters. The number of aromatic nitrogens is 3. The van der Waals surface area contributed by atoms with Crippen LogP contribution >= 0.6 is 0 Å². The van der Waals surface area contributed by atoms with Crippen molar-refractivity contribution in [1.29, 1.82) is 0 Å². The number of rotatable bonds is 10. The summed E-state index contributed by atoms with van der Waals surface area (Å²) in [5.41, 5.74) is 5.85. The molecule has 1 amide bonds. The highest BCUT2D eigenvalue weighted by Gasteiger charge is 2.18. The van der Waals surface area contributed by atoms with E-state index in [0.29, 0.717) is 29.5 Å². The van der Waals surface area contributed by atoms with Crippen LogP contribution in [0.2, 0.25) is 0 Å². The molecule has 0 fully saturated rings. The average molecular weight is 517 g/mol. The third-order valence-corrected chi connectivity index (χ3v) is 6.53. The van der Waals surface area contributed by atoms with Crippen LogP contribution < -0.4 is 15.4 Å². The minimum absolute atomic E-state index is 0.362. The minimum atomic E-state index is -1.06. The lowest BCUT2D eigenvalue weighted by Gasteiger charge is -2.18. The van der Waals surface area contributed by atoms with Crippen LogP contribution in [-0.4, -0.2) is 53.1 Å². The van der Waals surface area contributed by atoms with Crippen molar-refractivity contribution in [2.24, 2.45) is 7.05 Å². The van der Waals surface area contributed by atoms with Gasteiger partial charge in [-0.05, 0) is 70.2 Å². The first-order valence-electron chi connectivity index (χ1n) is 12.4. The van der Waals surface area contributed by atoms with E-state index in [1.807, 2.05) is 45.4 Å². The maximum atomic E-state index is 13.5. The number of fused-ring (bicyclic) bond motifs is 1. The van der Waals surface area contributed by atoms with E-state index in [9.17, 15) is 9.18 Å². The number of amides is 1. The first-order valence-corrected chi connectivity index (χ1v) is 12.4. The number of para-hydroxylation sites is 1. The van der Waals surface area contributed by atoms with Crippen LogP contribution in [0.1, 0.15) is 17.7 Å². The highest BCUT2D eigenvalue weighted by Crippen LogP contribution is 2.36. The SMILES string of the molecule is C=C(F)C(=O)Nc1cc(Nc2nccc(-c3c(C)n(C)c4ccccc34)n2)c(OC)cc1CCCN(C)C. The molecule has 2 N–H and O–H groups in total. The van der Waals surface area contributed by atoms with Crippen molar-refractivity contribution in [2.45, 2.75) is 19.8 Å². The van der Waals surface area contributed by atoms with Gasteiger partial charge in [0.2, 0.25) is 5.95 Å². The molecule has 2 heterocycles. The fraction of sp³-hybridized carbons (Fsp3) is 0.276. The highest BCUT2D eigenvalue weighted by atomic mass is 19.1. The van der Waals surface area contributed by atoms with Gasteiger partial charge in [-0.3, -0.25) is 4.79 Å². The van der Waals surface area contributed by atoms with Gasteiger partial charge in [0.15, 0.2) is 5.83 Å². The Bertz CT molecular complexity index is 1490. The Morgan fingerprint density at radius 1 is 1.18 bits per heavy atom. The molecule has 4 aromatic rings. The van der Waals surface area contributed by atoms with Crippen molar-refractivity contribution in [3.8, 4) is 17.0 Å². The van der Waals surface area contributed by atoms with Crippen LogP contribution in [0.25, 0.3) is 22.2 Å². The summed E-state index contributed by atoms with van der Waals surface area (Å²) in [6.07, 6.45) is 3.21. The van der Waals surface area contributed by atoms with Crippen LogP contribution in [0.4, 0.5) is 21.7 Å². The topological polar surface area (TPSA) is 84.3 Å². The van der Waals surface area contributed by atoms with Crippen LogP contribution in [0.15, 0.2) is 61.1 Å². The second-order valence-corrected chi connectivity index (χ2v) is 9.40. The highest BCUT2D eigenvalue weighted by molar-refractivity contribution is 6.02. The molecule has 0 bridgehead atoms. The maximum absolute atomic E-state index is 13.5. The molecule has 0 unspecified atom stereocenters. The van der Waals surface area contributed by atoms with E-state index in [0.717, 1.165) is 46.4 Å². The third kappa shape index (κ3) is 5.68. The largest absolute Gasteiger partial charge is 0.495 e. The van der Waals surface area contributed by atoms with Crippen LogP contribution in [0.3, 0.4) is 0 Å². The first kappa shape index (κ1) is 26.8. The van der Waals surface area contributed by atoms with Gasteiger partial charge < -0.3 is 24.8 Å². The number of aryl methyl sites for hydroxylation is 2. The van der Waals surface area contributed by atoms with Crippen LogP contribution in [0.5, 0.6) is 5.75 Å². The summed E-state index contributed by atoms with van der Waals surface area (Å²) < 4.78 is 21.3. The lowest BCUT2D eigenvalue weighted by molar-refractivity contribution is -0.114. The smallest absolute Gasteiger partial charge is 0.283 e. The molecular weight excluding hydrogens is 483 g/mol. The molecule has 9 heteroatoms. The van der Waals surface area contributed by atoms with E-state index in [2.05, 4.69) is 50.7 Å². The number of methoxy groups -OCH3 is 1. The molecule has 8 nitrogen and oxygen atoms in total. The van der Waals surface area contributed by atoms with Crippen molar-refractivity contribution < 1.29 is 13.9 Å². The molecule has 2 aromatic carbocycles. The Labute approximate surface area is 222 Å². The number of hydrogen-bond acceptors (Lipinski definition) is 6. The summed E-state index contributed by atoms with van der Waals surface area (Å²) >= 11 is 0. The number of benzene rings is 2. The van der Waals surface area contributed by atoms with E-state index in [1.165, 1.54) is 0 Å². The molecule has 0 aliphatic carbocycles. The van der Waals surface area contributed by atoms with Gasteiger partial charge in [0.1, 0.15) is 5.75 Å². The van der Waals surface area contributed by atoms with Gasteiger partial charge in [0, 0.05) is 41.1 Å². The predicted octanol–water partition coefficient (Wildman–Crippen LogP) is 5.61. The Morgan fingerprint density at radius 3 is 2.66 bits per heavy atom. The fourth-order valence-corrected chi connectivity index (χ4v) is 4.51. The number of carbonyl (C=O) groups is 1. The molecule has 0 aliphatic heterocycles. The van der Waals surface area contributed by atoms with Gasteiger partial charge in [-0.25, -0.2) is 14.4 Å². The van der Waals surface area contributed by atoms with Crippen molar-refractivity contribution in [3.05, 3.63) is 72.3 Å². The van der Waals surface area contributed by atoms with Crippen molar-refractivity contribution in [2.75, 3.05) is 38.4 Å². The molecule has 0 spiro atoms. The Hall–Kier alpha value is -4.24. The van der Waals surface area contributed by atoms with Gasteiger partial charge in [-0.1, -0.05) is 24.8 Å². The molecule has 0 aliphatic rings. The van der Waals surface area contributed by atoms with Crippen molar-refractivity contribution in [1.82, 2.24) is 19.4 Å². The molecule has 0 saturated heterocycles. The Kier molecular flexibility index (Phi) is 8.07.